The van der Waals surface area contributed by atoms with Gasteiger partial charge in [0, 0.05) is 29.4 Å². The summed E-state index contributed by atoms with van der Waals surface area (Å²) in [6, 6.07) is 10.8. The van der Waals surface area contributed by atoms with Crippen LogP contribution in [0.5, 0.6) is 0 Å². The van der Waals surface area contributed by atoms with Gasteiger partial charge >= 0.3 is 0 Å². The predicted octanol–water partition coefficient (Wildman–Crippen LogP) is 3.08. The second kappa shape index (κ2) is 5.17. The molecule has 0 bridgehead atoms. The number of pyridine rings is 1. The summed E-state index contributed by atoms with van der Waals surface area (Å²) in [5.41, 5.74) is 9.42. The maximum Gasteiger partial charge on any atom is 0.0725 e. The van der Waals surface area contributed by atoms with E-state index in [-0.39, 0.29) is 0 Å². The summed E-state index contributed by atoms with van der Waals surface area (Å²) in [5.74, 6) is 0.604. The lowest BCUT2D eigenvalue weighted by Gasteiger charge is -2.18. The van der Waals surface area contributed by atoms with Crippen LogP contribution in [0.2, 0.25) is 0 Å². The lowest BCUT2D eigenvalue weighted by Crippen LogP contribution is -2.29. The average molecular weight is 255 g/mol. The van der Waals surface area contributed by atoms with E-state index in [1.54, 1.807) is 0 Å². The zero-order chi connectivity index (χ0) is 13.2. The first-order chi connectivity index (χ1) is 9.24. The molecule has 1 saturated carbocycles. The molecular formula is C16H21N3. The highest BCUT2D eigenvalue weighted by Crippen LogP contribution is 2.27. The molecule has 1 heterocycles. The van der Waals surface area contributed by atoms with Gasteiger partial charge in [0.05, 0.1) is 5.52 Å². The van der Waals surface area contributed by atoms with E-state index in [1.807, 2.05) is 13.0 Å². The first-order valence-electron chi connectivity index (χ1n) is 7.10. The van der Waals surface area contributed by atoms with Crippen LogP contribution in [0.15, 0.2) is 30.3 Å². The molecule has 100 valence electrons. The Bertz CT molecular complexity index is 579. The van der Waals surface area contributed by atoms with Crippen LogP contribution in [-0.4, -0.2) is 17.6 Å². The minimum Gasteiger partial charge on any atom is -0.384 e. The van der Waals surface area contributed by atoms with Gasteiger partial charge in [0.25, 0.3) is 0 Å². The Morgan fingerprint density at radius 2 is 2.16 bits per heavy atom. The van der Waals surface area contributed by atoms with Crippen molar-refractivity contribution in [1.82, 2.24) is 4.98 Å². The van der Waals surface area contributed by atoms with Gasteiger partial charge in [-0.2, -0.15) is 0 Å². The number of aryl methyl sites for hydroxylation is 1. The molecule has 1 aromatic heterocycles. The highest BCUT2D eigenvalue weighted by atomic mass is 14.9. The molecule has 1 fully saturated rings. The number of nitrogens with zero attached hydrogens (tertiary/aromatic N) is 1. The van der Waals surface area contributed by atoms with Gasteiger partial charge in [-0.3, -0.25) is 4.98 Å². The fourth-order valence-electron chi connectivity index (χ4n) is 3.01. The van der Waals surface area contributed by atoms with E-state index in [0.717, 1.165) is 17.8 Å². The van der Waals surface area contributed by atoms with E-state index in [2.05, 4.69) is 34.6 Å². The Morgan fingerprint density at radius 3 is 2.95 bits per heavy atom. The molecule has 2 unspecified atom stereocenters. The van der Waals surface area contributed by atoms with Crippen LogP contribution in [0.1, 0.15) is 25.0 Å². The van der Waals surface area contributed by atoms with E-state index >= 15 is 0 Å². The van der Waals surface area contributed by atoms with Crippen molar-refractivity contribution in [2.75, 3.05) is 11.9 Å². The van der Waals surface area contributed by atoms with E-state index in [0.29, 0.717) is 12.0 Å². The molecule has 2 atom stereocenters. The summed E-state index contributed by atoms with van der Waals surface area (Å²) < 4.78 is 0. The van der Waals surface area contributed by atoms with Gasteiger partial charge in [-0.15, -0.1) is 0 Å². The van der Waals surface area contributed by atoms with E-state index in [9.17, 15) is 0 Å². The molecule has 3 nitrogen and oxygen atoms in total. The quantitative estimate of drug-likeness (QED) is 0.886. The number of benzene rings is 1. The van der Waals surface area contributed by atoms with Crippen molar-refractivity contribution in [2.24, 2.45) is 11.7 Å². The molecule has 1 aliphatic rings. The summed E-state index contributed by atoms with van der Waals surface area (Å²) >= 11 is 0. The summed E-state index contributed by atoms with van der Waals surface area (Å²) in [6.45, 7) is 3.01. The van der Waals surface area contributed by atoms with Crippen molar-refractivity contribution in [3.63, 3.8) is 0 Å². The van der Waals surface area contributed by atoms with Crippen LogP contribution in [0.25, 0.3) is 10.9 Å². The van der Waals surface area contributed by atoms with Crippen molar-refractivity contribution in [3.05, 3.63) is 36.0 Å². The summed E-state index contributed by atoms with van der Waals surface area (Å²) in [4.78, 5) is 4.57. The second-order valence-electron chi connectivity index (χ2n) is 5.56. The van der Waals surface area contributed by atoms with Gasteiger partial charge in [0.1, 0.15) is 0 Å². The minimum atomic E-state index is 0.363. The highest BCUT2D eigenvalue weighted by molar-refractivity contribution is 5.91. The molecule has 1 aliphatic carbocycles. The van der Waals surface area contributed by atoms with Gasteiger partial charge in [0.2, 0.25) is 0 Å². The Kier molecular flexibility index (Phi) is 3.38. The van der Waals surface area contributed by atoms with Crippen LogP contribution in [0, 0.1) is 12.8 Å². The Morgan fingerprint density at radius 1 is 1.32 bits per heavy atom. The molecule has 0 spiro atoms. The molecule has 1 aromatic carbocycles. The SMILES string of the molecule is Cc1cc(NCC2CCCC2N)c2ccccc2n1. The third-order valence-electron chi connectivity index (χ3n) is 4.12. The molecular weight excluding hydrogens is 234 g/mol. The lowest BCUT2D eigenvalue weighted by atomic mass is 10.0. The molecule has 2 aromatic rings. The minimum absolute atomic E-state index is 0.363. The Labute approximate surface area is 114 Å². The van der Waals surface area contributed by atoms with Crippen molar-refractivity contribution in [2.45, 2.75) is 32.2 Å². The standard InChI is InChI=1S/C16H21N3/c1-11-9-16(13-6-2-3-8-15(13)19-11)18-10-12-5-4-7-14(12)17/h2-3,6,8-9,12,14H,4-5,7,10,17H2,1H3,(H,18,19). The fourth-order valence-corrected chi connectivity index (χ4v) is 3.01. The van der Waals surface area contributed by atoms with Gasteiger partial charge in [-0.05, 0) is 37.8 Å². The largest absolute Gasteiger partial charge is 0.384 e. The monoisotopic (exact) mass is 255 g/mol. The van der Waals surface area contributed by atoms with Crippen LogP contribution >= 0.6 is 0 Å². The van der Waals surface area contributed by atoms with Crippen molar-refractivity contribution < 1.29 is 0 Å². The molecule has 3 heteroatoms. The number of hydrogen-bond acceptors (Lipinski definition) is 3. The normalized spacial score (nSPS) is 22.8. The molecule has 0 radical (unpaired) electrons. The maximum atomic E-state index is 6.13. The number of nitrogens with one attached hydrogen (secondary N) is 1. The number of aromatic nitrogens is 1. The highest BCUT2D eigenvalue weighted by Gasteiger charge is 2.23. The van der Waals surface area contributed by atoms with Crippen LogP contribution < -0.4 is 11.1 Å². The Hall–Kier alpha value is -1.61. The third kappa shape index (κ3) is 2.56. The maximum absolute atomic E-state index is 6.13. The first-order valence-corrected chi connectivity index (χ1v) is 7.10. The number of nitrogens with two attached hydrogens (primary N) is 1. The van der Waals surface area contributed by atoms with Gasteiger partial charge in [-0.1, -0.05) is 24.6 Å². The lowest BCUT2D eigenvalue weighted by molar-refractivity contribution is 0.505. The summed E-state index contributed by atoms with van der Waals surface area (Å²) in [7, 11) is 0. The van der Waals surface area contributed by atoms with Crippen LogP contribution in [0.3, 0.4) is 0 Å². The number of rotatable bonds is 3. The van der Waals surface area contributed by atoms with Gasteiger partial charge < -0.3 is 11.1 Å². The zero-order valence-electron chi connectivity index (χ0n) is 11.4. The topological polar surface area (TPSA) is 50.9 Å². The number of hydrogen-bond donors (Lipinski definition) is 2. The number of anilines is 1. The number of fused-ring (bicyclic) bond motifs is 1. The average Bonchev–Trinajstić information content (AvgIpc) is 2.81. The second-order valence-corrected chi connectivity index (χ2v) is 5.56. The van der Waals surface area contributed by atoms with Gasteiger partial charge in [0.15, 0.2) is 0 Å². The van der Waals surface area contributed by atoms with E-state index < -0.39 is 0 Å². The molecule has 0 aliphatic heterocycles. The first kappa shape index (κ1) is 12.4. The summed E-state index contributed by atoms with van der Waals surface area (Å²) in [5, 5.41) is 4.77. The summed E-state index contributed by atoms with van der Waals surface area (Å²) in [6.07, 6.45) is 3.68. The fraction of sp³-hybridized carbons (Fsp3) is 0.438. The number of para-hydroxylation sites is 1. The third-order valence-corrected chi connectivity index (χ3v) is 4.12. The Balaban J connectivity index is 1.84. The van der Waals surface area contributed by atoms with Crippen molar-refractivity contribution >= 4 is 16.6 Å². The van der Waals surface area contributed by atoms with Crippen LogP contribution in [0.4, 0.5) is 5.69 Å². The molecule has 3 rings (SSSR count). The van der Waals surface area contributed by atoms with Crippen molar-refractivity contribution in [3.8, 4) is 0 Å². The van der Waals surface area contributed by atoms with E-state index in [4.69, 9.17) is 5.73 Å². The van der Waals surface area contributed by atoms with E-state index in [1.165, 1.54) is 30.3 Å². The molecule has 19 heavy (non-hydrogen) atoms. The smallest absolute Gasteiger partial charge is 0.0725 e. The van der Waals surface area contributed by atoms with Gasteiger partial charge in [-0.25, -0.2) is 0 Å². The molecule has 0 saturated heterocycles. The van der Waals surface area contributed by atoms with Crippen molar-refractivity contribution in [1.29, 1.82) is 0 Å². The predicted molar refractivity (Wildman–Crippen MR) is 80.3 cm³/mol. The van der Waals surface area contributed by atoms with Crippen LogP contribution in [-0.2, 0) is 0 Å². The molecule has 0 amide bonds. The molecule has 3 N–H and O–H groups in total. The zero-order valence-corrected chi connectivity index (χ0v) is 11.4.